The van der Waals surface area contributed by atoms with Crippen molar-refractivity contribution in [2.24, 2.45) is 5.92 Å². The van der Waals surface area contributed by atoms with Crippen LogP contribution in [0.2, 0.25) is 0 Å². The number of aromatic nitrogens is 3. The quantitative estimate of drug-likeness (QED) is 0.259. The van der Waals surface area contributed by atoms with E-state index in [1.807, 2.05) is 60.7 Å². The van der Waals surface area contributed by atoms with Gasteiger partial charge in [0.05, 0.1) is 25.2 Å². The van der Waals surface area contributed by atoms with E-state index < -0.39 is 11.8 Å². The highest BCUT2D eigenvalue weighted by atomic mass is 16.5. The molecule has 1 atom stereocenters. The molecule has 172 valence electrons. The number of hydrogen-bond acceptors (Lipinski definition) is 6. The van der Waals surface area contributed by atoms with Gasteiger partial charge < -0.3 is 10.6 Å². The van der Waals surface area contributed by atoms with Gasteiger partial charge in [0, 0.05) is 18.5 Å². The normalized spacial score (nSPS) is 11.4. The fourth-order valence-electron chi connectivity index (χ4n) is 3.24. The van der Waals surface area contributed by atoms with Crippen LogP contribution in [0.4, 0.5) is 5.69 Å². The van der Waals surface area contributed by atoms with Crippen LogP contribution in [-0.4, -0.2) is 37.9 Å². The summed E-state index contributed by atoms with van der Waals surface area (Å²) in [5.74, 6) is -1.77. The maximum atomic E-state index is 12.7. The molecule has 0 bridgehead atoms. The lowest BCUT2D eigenvalue weighted by atomic mass is 9.95. The molecule has 1 heterocycles. The molecule has 0 radical (unpaired) electrons. The number of carbonyl (C=O) groups excluding carboxylic acids is 3. The van der Waals surface area contributed by atoms with Crippen molar-refractivity contribution in [3.05, 3.63) is 78.1 Å². The first-order chi connectivity index (χ1) is 16.0. The second kappa shape index (κ2) is 12.1. The Balaban J connectivity index is 1.49. The summed E-state index contributed by atoms with van der Waals surface area (Å²) >= 11 is 0. The Bertz CT molecular complexity index is 1060. The summed E-state index contributed by atoms with van der Waals surface area (Å²) in [5.41, 5.74) is 3.73. The Morgan fingerprint density at radius 2 is 1.67 bits per heavy atom. The Hall–Kier alpha value is -4.05. The highest BCUT2D eigenvalue weighted by Crippen LogP contribution is 2.13. The summed E-state index contributed by atoms with van der Waals surface area (Å²) in [4.78, 5) is 36.4. The minimum atomic E-state index is -0.656. The average Bonchev–Trinajstić information content (AvgIpc) is 3.30. The number of aryl methyl sites for hydroxylation is 1. The van der Waals surface area contributed by atoms with Gasteiger partial charge in [-0.3, -0.25) is 24.3 Å². The van der Waals surface area contributed by atoms with Crippen LogP contribution in [-0.2, 0) is 33.9 Å². The van der Waals surface area contributed by atoms with E-state index in [-0.39, 0.29) is 31.2 Å². The van der Waals surface area contributed by atoms with E-state index >= 15 is 0 Å². The van der Waals surface area contributed by atoms with Crippen molar-refractivity contribution >= 4 is 23.4 Å². The van der Waals surface area contributed by atoms with Crippen molar-refractivity contribution in [3.63, 3.8) is 0 Å². The molecule has 0 saturated carbocycles. The molecule has 10 heteroatoms. The zero-order chi connectivity index (χ0) is 23.5. The number of carbonyl (C=O) groups is 3. The molecule has 0 saturated heterocycles. The Labute approximate surface area is 191 Å². The number of nitrogens with zero attached hydrogens (tertiary/aromatic N) is 3. The number of hydrogen-bond donors (Lipinski definition) is 4. The van der Waals surface area contributed by atoms with Crippen LogP contribution in [0.5, 0.6) is 0 Å². The van der Waals surface area contributed by atoms with Crippen molar-refractivity contribution in [1.29, 1.82) is 0 Å². The first kappa shape index (κ1) is 23.6. The largest absolute Gasteiger partial charge is 0.350 e. The number of nitrogens with one attached hydrogen (secondary N) is 3. The fraction of sp³-hybridized carbons (Fsp3) is 0.261. The van der Waals surface area contributed by atoms with Crippen LogP contribution < -0.4 is 16.1 Å². The number of para-hydroxylation sites is 1. The van der Waals surface area contributed by atoms with Crippen molar-refractivity contribution in [2.45, 2.75) is 32.4 Å². The van der Waals surface area contributed by atoms with Gasteiger partial charge in [-0.05, 0) is 24.1 Å². The van der Waals surface area contributed by atoms with Crippen LogP contribution in [0.1, 0.15) is 24.1 Å². The molecule has 3 rings (SSSR count). The third kappa shape index (κ3) is 7.86. The second-order valence-corrected chi connectivity index (χ2v) is 7.48. The molecule has 3 amide bonds. The summed E-state index contributed by atoms with van der Waals surface area (Å²) in [5, 5.41) is 22.4. The van der Waals surface area contributed by atoms with Gasteiger partial charge >= 0.3 is 0 Å². The molecule has 0 aliphatic heterocycles. The van der Waals surface area contributed by atoms with E-state index in [4.69, 9.17) is 5.21 Å². The fourth-order valence-corrected chi connectivity index (χ4v) is 3.24. The molecule has 0 aliphatic carbocycles. The van der Waals surface area contributed by atoms with E-state index in [9.17, 15) is 14.4 Å². The van der Waals surface area contributed by atoms with Gasteiger partial charge in [-0.2, -0.15) is 0 Å². The standard InChI is InChI=1S/C23H26N6O4/c30-21(25-19-9-5-2-6-10-19)11-12-29-16-20(26-28-29)15-24-23(32)18(14-22(31)27-33)13-17-7-3-1-4-8-17/h1-10,16,18,33H,11-15H2,(H,24,32)(H,25,30)(H,27,31). The molecule has 0 spiro atoms. The van der Waals surface area contributed by atoms with E-state index in [0.717, 1.165) is 11.3 Å². The van der Waals surface area contributed by atoms with Crippen molar-refractivity contribution in [2.75, 3.05) is 5.32 Å². The van der Waals surface area contributed by atoms with Crippen molar-refractivity contribution < 1.29 is 19.6 Å². The molecule has 2 aromatic carbocycles. The number of amides is 3. The van der Waals surface area contributed by atoms with E-state index in [1.54, 1.807) is 11.7 Å². The molecule has 4 N–H and O–H groups in total. The molecule has 0 fully saturated rings. The molecular formula is C23H26N6O4. The van der Waals surface area contributed by atoms with Crippen LogP contribution in [0.25, 0.3) is 0 Å². The Morgan fingerprint density at radius 1 is 0.970 bits per heavy atom. The summed E-state index contributed by atoms with van der Waals surface area (Å²) in [6.45, 7) is 0.466. The lowest BCUT2D eigenvalue weighted by Gasteiger charge is -2.15. The predicted molar refractivity (Wildman–Crippen MR) is 120 cm³/mol. The lowest BCUT2D eigenvalue weighted by Crippen LogP contribution is -2.35. The van der Waals surface area contributed by atoms with E-state index in [0.29, 0.717) is 18.7 Å². The molecular weight excluding hydrogens is 424 g/mol. The Kier molecular flexibility index (Phi) is 8.66. The molecule has 10 nitrogen and oxygen atoms in total. The first-order valence-corrected chi connectivity index (χ1v) is 10.5. The predicted octanol–water partition coefficient (Wildman–Crippen LogP) is 1.68. The summed E-state index contributed by atoms with van der Waals surface area (Å²) in [6, 6.07) is 18.5. The molecule has 0 aliphatic rings. The van der Waals surface area contributed by atoms with Gasteiger partial charge in [-0.15, -0.1) is 5.10 Å². The van der Waals surface area contributed by atoms with E-state index in [1.165, 1.54) is 4.68 Å². The Morgan fingerprint density at radius 3 is 2.36 bits per heavy atom. The second-order valence-electron chi connectivity index (χ2n) is 7.48. The molecule has 1 aromatic heterocycles. The number of benzene rings is 2. The highest BCUT2D eigenvalue weighted by molar-refractivity contribution is 5.90. The SMILES string of the molecule is O=C(CC(Cc1ccccc1)C(=O)NCc1cn(CCC(=O)Nc2ccccc2)nn1)NO. The zero-order valence-corrected chi connectivity index (χ0v) is 18.0. The third-order valence-electron chi connectivity index (χ3n) is 4.91. The van der Waals surface area contributed by atoms with Crippen molar-refractivity contribution in [1.82, 2.24) is 25.8 Å². The summed E-state index contributed by atoms with van der Waals surface area (Å²) in [6.07, 6.45) is 2.08. The van der Waals surface area contributed by atoms with Crippen LogP contribution in [0.3, 0.4) is 0 Å². The van der Waals surface area contributed by atoms with Crippen LogP contribution in [0.15, 0.2) is 66.9 Å². The minimum absolute atomic E-state index is 0.126. The maximum Gasteiger partial charge on any atom is 0.244 e. The van der Waals surface area contributed by atoms with Gasteiger partial charge in [0.25, 0.3) is 0 Å². The topological polar surface area (TPSA) is 138 Å². The van der Waals surface area contributed by atoms with Crippen molar-refractivity contribution in [3.8, 4) is 0 Å². The monoisotopic (exact) mass is 450 g/mol. The molecule has 1 unspecified atom stereocenters. The smallest absolute Gasteiger partial charge is 0.244 e. The maximum absolute atomic E-state index is 12.7. The zero-order valence-electron chi connectivity index (χ0n) is 18.0. The first-order valence-electron chi connectivity index (χ1n) is 10.5. The number of anilines is 1. The van der Waals surface area contributed by atoms with Crippen LogP contribution in [0, 0.1) is 5.92 Å². The minimum Gasteiger partial charge on any atom is -0.350 e. The van der Waals surface area contributed by atoms with Gasteiger partial charge in [-0.25, -0.2) is 5.48 Å². The summed E-state index contributed by atoms with van der Waals surface area (Å²) in [7, 11) is 0. The highest BCUT2D eigenvalue weighted by Gasteiger charge is 2.22. The average molecular weight is 450 g/mol. The molecule has 33 heavy (non-hydrogen) atoms. The van der Waals surface area contributed by atoms with Gasteiger partial charge in [0.1, 0.15) is 5.69 Å². The number of hydroxylamine groups is 1. The lowest BCUT2D eigenvalue weighted by molar-refractivity contribution is -0.134. The number of rotatable bonds is 11. The van der Waals surface area contributed by atoms with Gasteiger partial charge in [0.2, 0.25) is 17.7 Å². The van der Waals surface area contributed by atoms with Crippen LogP contribution >= 0.6 is 0 Å². The van der Waals surface area contributed by atoms with E-state index in [2.05, 4.69) is 20.9 Å². The third-order valence-corrected chi connectivity index (χ3v) is 4.91. The van der Waals surface area contributed by atoms with Gasteiger partial charge in [0.15, 0.2) is 0 Å². The van der Waals surface area contributed by atoms with Gasteiger partial charge in [-0.1, -0.05) is 53.7 Å². The summed E-state index contributed by atoms with van der Waals surface area (Å²) < 4.78 is 1.53. The molecule has 3 aromatic rings.